The van der Waals surface area contributed by atoms with Crippen LogP contribution >= 0.6 is 11.5 Å². The summed E-state index contributed by atoms with van der Waals surface area (Å²) in [6, 6.07) is 0. The van der Waals surface area contributed by atoms with E-state index in [0.717, 1.165) is 5.82 Å². The van der Waals surface area contributed by atoms with Crippen LogP contribution in [0.5, 0.6) is 0 Å². The van der Waals surface area contributed by atoms with Crippen molar-refractivity contribution in [1.29, 1.82) is 0 Å². The molecular weight excluding hydrogens is 252 g/mol. The fourth-order valence-electron chi connectivity index (χ4n) is 1.57. The van der Waals surface area contributed by atoms with Crippen molar-refractivity contribution in [2.24, 2.45) is 0 Å². The topological polar surface area (TPSA) is 69.9 Å². The van der Waals surface area contributed by atoms with Gasteiger partial charge in [-0.3, -0.25) is 0 Å². The number of carbonyl (C=O) groups excluding carboxylic acids is 1. The molecule has 0 unspecified atom stereocenters. The third kappa shape index (κ3) is 2.13. The SMILES string of the molecule is CCOC(=O)c1cnn(-c2nc(C3CC3)ns2)c1. The van der Waals surface area contributed by atoms with Crippen LogP contribution in [0.15, 0.2) is 12.4 Å². The number of ether oxygens (including phenoxy) is 1. The van der Waals surface area contributed by atoms with E-state index in [1.807, 2.05) is 0 Å². The summed E-state index contributed by atoms with van der Waals surface area (Å²) in [6.45, 7) is 2.13. The Labute approximate surface area is 108 Å². The van der Waals surface area contributed by atoms with Crippen LogP contribution in [0.4, 0.5) is 0 Å². The van der Waals surface area contributed by atoms with Crippen LogP contribution in [0.25, 0.3) is 5.13 Å². The van der Waals surface area contributed by atoms with Crippen molar-refractivity contribution < 1.29 is 9.53 Å². The summed E-state index contributed by atoms with van der Waals surface area (Å²) in [5.74, 6) is 1.05. The second-order valence-electron chi connectivity index (χ2n) is 4.10. The van der Waals surface area contributed by atoms with Crippen LogP contribution in [0.3, 0.4) is 0 Å². The summed E-state index contributed by atoms with van der Waals surface area (Å²) in [6.07, 6.45) is 5.44. The summed E-state index contributed by atoms with van der Waals surface area (Å²) in [7, 11) is 0. The van der Waals surface area contributed by atoms with Crippen molar-refractivity contribution in [3.63, 3.8) is 0 Å². The van der Waals surface area contributed by atoms with Crippen LogP contribution < -0.4 is 0 Å². The molecule has 2 aromatic heterocycles. The van der Waals surface area contributed by atoms with E-state index in [-0.39, 0.29) is 5.97 Å². The lowest BCUT2D eigenvalue weighted by Gasteiger charge is -1.96. The van der Waals surface area contributed by atoms with Crippen LogP contribution in [0.1, 0.15) is 41.9 Å². The first-order chi connectivity index (χ1) is 8.78. The third-order valence-corrected chi connectivity index (χ3v) is 3.38. The largest absolute Gasteiger partial charge is 0.462 e. The predicted octanol–water partition coefficient (Wildman–Crippen LogP) is 1.78. The van der Waals surface area contributed by atoms with Gasteiger partial charge in [0.1, 0.15) is 5.82 Å². The molecule has 6 nitrogen and oxygen atoms in total. The van der Waals surface area contributed by atoms with Gasteiger partial charge in [0.2, 0.25) is 5.13 Å². The van der Waals surface area contributed by atoms with Gasteiger partial charge >= 0.3 is 5.97 Å². The predicted molar refractivity (Wildman–Crippen MR) is 65.0 cm³/mol. The number of hydrogen-bond acceptors (Lipinski definition) is 6. The number of carbonyl (C=O) groups is 1. The molecule has 1 fully saturated rings. The molecule has 2 heterocycles. The zero-order valence-corrected chi connectivity index (χ0v) is 10.7. The highest BCUT2D eigenvalue weighted by Gasteiger charge is 2.28. The first-order valence-corrected chi connectivity index (χ1v) is 6.61. The summed E-state index contributed by atoms with van der Waals surface area (Å²) in [4.78, 5) is 15.9. The highest BCUT2D eigenvalue weighted by Crippen LogP contribution is 2.38. The van der Waals surface area contributed by atoms with Gasteiger partial charge in [0.05, 0.1) is 18.4 Å². The lowest BCUT2D eigenvalue weighted by molar-refractivity contribution is 0.0526. The number of rotatable bonds is 4. The Morgan fingerprint density at radius 1 is 1.61 bits per heavy atom. The molecule has 2 aromatic rings. The van der Waals surface area contributed by atoms with Crippen LogP contribution in [0.2, 0.25) is 0 Å². The van der Waals surface area contributed by atoms with E-state index in [0.29, 0.717) is 23.2 Å². The zero-order valence-electron chi connectivity index (χ0n) is 9.87. The minimum Gasteiger partial charge on any atom is -0.462 e. The number of esters is 1. The molecular formula is C11H12N4O2S. The second kappa shape index (κ2) is 4.49. The summed E-state index contributed by atoms with van der Waals surface area (Å²) in [5.41, 5.74) is 0.431. The van der Waals surface area contributed by atoms with Gasteiger partial charge in [0.15, 0.2) is 0 Å². The van der Waals surface area contributed by atoms with Crippen molar-refractivity contribution in [2.75, 3.05) is 6.61 Å². The van der Waals surface area contributed by atoms with Crippen molar-refractivity contribution in [1.82, 2.24) is 19.1 Å². The molecule has 94 valence electrons. The maximum atomic E-state index is 11.5. The maximum Gasteiger partial charge on any atom is 0.341 e. The zero-order chi connectivity index (χ0) is 12.5. The molecule has 7 heteroatoms. The van der Waals surface area contributed by atoms with Crippen LogP contribution in [-0.4, -0.2) is 31.7 Å². The molecule has 0 amide bonds. The van der Waals surface area contributed by atoms with Crippen molar-refractivity contribution in [2.45, 2.75) is 25.7 Å². The monoisotopic (exact) mass is 264 g/mol. The Kier molecular flexibility index (Phi) is 2.83. The van der Waals surface area contributed by atoms with Gasteiger partial charge in [-0.15, -0.1) is 0 Å². The standard InChI is InChI=1S/C11H12N4O2S/c1-2-17-10(16)8-5-12-15(6-8)11-13-9(14-18-11)7-3-4-7/h5-7H,2-4H2,1H3. The average Bonchev–Trinajstić information content (AvgIpc) is 2.93. The van der Waals surface area contributed by atoms with Gasteiger partial charge in [-0.2, -0.15) is 9.47 Å². The Balaban J connectivity index is 1.80. The molecule has 0 atom stereocenters. The van der Waals surface area contributed by atoms with Gasteiger partial charge in [0, 0.05) is 23.6 Å². The molecule has 0 aromatic carbocycles. The molecule has 1 aliphatic carbocycles. The van der Waals surface area contributed by atoms with E-state index >= 15 is 0 Å². The smallest absolute Gasteiger partial charge is 0.341 e. The molecule has 3 rings (SSSR count). The molecule has 1 aliphatic rings. The Morgan fingerprint density at radius 3 is 3.17 bits per heavy atom. The summed E-state index contributed by atoms with van der Waals surface area (Å²) < 4.78 is 10.8. The Morgan fingerprint density at radius 2 is 2.44 bits per heavy atom. The van der Waals surface area contributed by atoms with E-state index in [2.05, 4.69) is 14.5 Å². The fourth-order valence-corrected chi connectivity index (χ4v) is 2.26. The molecule has 1 saturated carbocycles. The van der Waals surface area contributed by atoms with Gasteiger partial charge < -0.3 is 4.74 Å². The minimum atomic E-state index is -0.365. The van der Waals surface area contributed by atoms with Gasteiger partial charge in [0.25, 0.3) is 0 Å². The number of hydrogen-bond donors (Lipinski definition) is 0. The maximum absolute atomic E-state index is 11.5. The molecule has 18 heavy (non-hydrogen) atoms. The van der Waals surface area contributed by atoms with E-state index in [9.17, 15) is 4.79 Å². The van der Waals surface area contributed by atoms with Gasteiger partial charge in [-0.1, -0.05) is 0 Å². The first kappa shape index (κ1) is 11.3. The average molecular weight is 264 g/mol. The fraction of sp³-hybridized carbons (Fsp3) is 0.455. The molecule has 0 bridgehead atoms. The number of nitrogens with zero attached hydrogens (tertiary/aromatic N) is 4. The van der Waals surface area contributed by atoms with Crippen molar-refractivity contribution in [3.05, 3.63) is 23.8 Å². The highest BCUT2D eigenvalue weighted by atomic mass is 32.1. The van der Waals surface area contributed by atoms with Gasteiger partial charge in [-0.25, -0.2) is 14.5 Å². The van der Waals surface area contributed by atoms with E-state index in [4.69, 9.17) is 4.74 Å². The first-order valence-electron chi connectivity index (χ1n) is 5.83. The van der Waals surface area contributed by atoms with Crippen LogP contribution in [0, 0.1) is 0 Å². The van der Waals surface area contributed by atoms with Crippen molar-refractivity contribution in [3.8, 4) is 5.13 Å². The van der Waals surface area contributed by atoms with Crippen molar-refractivity contribution >= 4 is 17.5 Å². The minimum absolute atomic E-state index is 0.356. The second-order valence-corrected chi connectivity index (χ2v) is 4.83. The van der Waals surface area contributed by atoms with E-state index in [1.54, 1.807) is 17.8 Å². The Bertz CT molecular complexity index is 573. The third-order valence-electron chi connectivity index (χ3n) is 2.66. The lowest BCUT2D eigenvalue weighted by atomic mass is 10.4. The highest BCUT2D eigenvalue weighted by molar-refractivity contribution is 7.08. The molecule has 0 spiro atoms. The molecule has 0 N–H and O–H groups in total. The Hall–Kier alpha value is -1.76. The summed E-state index contributed by atoms with van der Waals surface area (Å²) in [5, 5.41) is 4.79. The molecule has 0 radical (unpaired) electrons. The van der Waals surface area contributed by atoms with E-state index < -0.39 is 0 Å². The normalized spacial score (nSPS) is 14.7. The quantitative estimate of drug-likeness (QED) is 0.787. The molecule has 0 saturated heterocycles. The number of aromatic nitrogens is 4. The lowest BCUT2D eigenvalue weighted by Crippen LogP contribution is -2.03. The summed E-state index contributed by atoms with van der Waals surface area (Å²) >= 11 is 1.30. The van der Waals surface area contributed by atoms with Crippen LogP contribution in [-0.2, 0) is 4.74 Å². The van der Waals surface area contributed by atoms with E-state index in [1.165, 1.54) is 30.6 Å². The molecule has 0 aliphatic heterocycles. The van der Waals surface area contributed by atoms with Gasteiger partial charge in [-0.05, 0) is 19.8 Å².